The Morgan fingerprint density at radius 3 is 2.39 bits per heavy atom. The number of benzene rings is 2. The highest BCUT2D eigenvalue weighted by Crippen LogP contribution is 2.50. The van der Waals surface area contributed by atoms with E-state index in [1.165, 1.54) is 0 Å². The second-order valence-corrected chi connectivity index (χ2v) is 9.03. The second kappa shape index (κ2) is 7.06. The van der Waals surface area contributed by atoms with Crippen LogP contribution in [0, 0.1) is 5.41 Å². The van der Waals surface area contributed by atoms with Gasteiger partial charge in [-0.2, -0.15) is 0 Å². The summed E-state index contributed by atoms with van der Waals surface area (Å²) in [6, 6.07) is 14.0. The van der Waals surface area contributed by atoms with Crippen molar-refractivity contribution in [3.8, 4) is 0 Å². The molecule has 2 aromatic carbocycles. The number of carbonyl (C=O) groups is 2. The molecular weight excluding hydrogens is 395 g/mol. The number of carbonyl (C=O) groups excluding carboxylic acids is 2. The molecule has 5 heteroatoms. The minimum atomic E-state index is -0.816. The summed E-state index contributed by atoms with van der Waals surface area (Å²) in [4.78, 5) is 26.3. The number of hydrogen-bond donors (Lipinski definition) is 0. The maximum absolute atomic E-state index is 13.3. The Labute approximate surface area is 174 Å². The van der Waals surface area contributed by atoms with E-state index in [9.17, 15) is 9.59 Å². The van der Waals surface area contributed by atoms with Gasteiger partial charge in [-0.25, -0.2) is 0 Å². The van der Waals surface area contributed by atoms with Crippen molar-refractivity contribution >= 4 is 34.8 Å². The standard InChI is InChI=1S/C23H20Cl2O3/c1-23(2)11-17(26)20-18(12-23)28-22(19(20)15-5-3-4-6-16(15)25)21(27)13-7-9-14(24)10-8-13/h3-10,19,22H,11-12H2,1-2H3/t19-,22-/m1/s1. The molecule has 1 aliphatic carbocycles. The van der Waals surface area contributed by atoms with E-state index in [0.29, 0.717) is 39.8 Å². The molecule has 0 fully saturated rings. The van der Waals surface area contributed by atoms with Crippen molar-refractivity contribution in [2.45, 2.75) is 38.7 Å². The molecule has 1 aliphatic heterocycles. The maximum Gasteiger partial charge on any atom is 0.204 e. The first-order valence-corrected chi connectivity index (χ1v) is 9.99. The fourth-order valence-electron chi connectivity index (χ4n) is 4.13. The third-order valence-corrected chi connectivity index (χ3v) is 5.99. The van der Waals surface area contributed by atoms with Gasteiger partial charge in [-0.3, -0.25) is 9.59 Å². The van der Waals surface area contributed by atoms with Crippen LogP contribution in [0.15, 0.2) is 59.9 Å². The summed E-state index contributed by atoms with van der Waals surface area (Å²) in [6.07, 6.45) is 0.237. The first-order valence-electron chi connectivity index (χ1n) is 9.24. The molecule has 28 heavy (non-hydrogen) atoms. The third-order valence-electron chi connectivity index (χ3n) is 5.39. The predicted octanol–water partition coefficient (Wildman–Crippen LogP) is 6.00. The van der Waals surface area contributed by atoms with Gasteiger partial charge in [0, 0.05) is 34.0 Å². The first kappa shape index (κ1) is 19.2. The molecular formula is C23H20Cl2O3. The number of halogens is 2. The molecule has 0 spiro atoms. The first-order chi connectivity index (χ1) is 13.3. The zero-order chi connectivity index (χ0) is 20.1. The Bertz CT molecular complexity index is 989. The number of rotatable bonds is 3. The Kier molecular flexibility index (Phi) is 4.84. The molecule has 2 atom stereocenters. The van der Waals surface area contributed by atoms with Crippen LogP contribution in [0.4, 0.5) is 0 Å². The molecule has 1 heterocycles. The molecule has 0 saturated heterocycles. The molecule has 0 unspecified atom stereocenters. The Morgan fingerprint density at radius 1 is 1.04 bits per heavy atom. The third kappa shape index (κ3) is 3.38. The predicted molar refractivity (Wildman–Crippen MR) is 110 cm³/mol. The highest BCUT2D eigenvalue weighted by molar-refractivity contribution is 6.31. The smallest absolute Gasteiger partial charge is 0.204 e. The molecule has 0 radical (unpaired) electrons. The molecule has 2 aromatic rings. The number of ether oxygens (including phenoxy) is 1. The molecule has 0 amide bonds. The van der Waals surface area contributed by atoms with Gasteiger partial charge >= 0.3 is 0 Å². The maximum atomic E-state index is 13.3. The minimum Gasteiger partial charge on any atom is -0.485 e. The Hall–Kier alpha value is -2.10. The van der Waals surface area contributed by atoms with Crippen molar-refractivity contribution in [3.05, 3.63) is 81.0 Å². The van der Waals surface area contributed by atoms with Crippen molar-refractivity contribution in [2.75, 3.05) is 0 Å². The van der Waals surface area contributed by atoms with Crippen molar-refractivity contribution in [3.63, 3.8) is 0 Å². The molecule has 144 valence electrons. The van der Waals surface area contributed by atoms with E-state index in [4.69, 9.17) is 27.9 Å². The molecule has 0 N–H and O–H groups in total. The topological polar surface area (TPSA) is 43.4 Å². The van der Waals surface area contributed by atoms with Crippen LogP contribution in [0.25, 0.3) is 0 Å². The van der Waals surface area contributed by atoms with Gasteiger partial charge < -0.3 is 4.74 Å². The van der Waals surface area contributed by atoms with Gasteiger partial charge in [0.15, 0.2) is 11.9 Å². The van der Waals surface area contributed by atoms with Crippen LogP contribution in [0.2, 0.25) is 10.0 Å². The van der Waals surface area contributed by atoms with Crippen molar-refractivity contribution in [1.82, 2.24) is 0 Å². The molecule has 0 aromatic heterocycles. The van der Waals surface area contributed by atoms with Crippen LogP contribution < -0.4 is 0 Å². The van der Waals surface area contributed by atoms with Crippen molar-refractivity contribution in [2.24, 2.45) is 5.41 Å². The fourth-order valence-corrected chi connectivity index (χ4v) is 4.51. The number of Topliss-reactive ketones (excluding diaryl/α,β-unsaturated/α-hetero) is 2. The van der Waals surface area contributed by atoms with Gasteiger partial charge in [-0.1, -0.05) is 55.2 Å². The van der Waals surface area contributed by atoms with Crippen LogP contribution >= 0.6 is 23.2 Å². The summed E-state index contributed by atoms with van der Waals surface area (Å²) < 4.78 is 6.16. The molecule has 4 rings (SSSR count). The molecule has 0 bridgehead atoms. The average molecular weight is 415 g/mol. The monoisotopic (exact) mass is 414 g/mol. The van der Waals surface area contributed by atoms with Crippen LogP contribution in [0.1, 0.15) is 48.5 Å². The zero-order valence-electron chi connectivity index (χ0n) is 15.7. The van der Waals surface area contributed by atoms with Crippen LogP contribution in [-0.4, -0.2) is 17.7 Å². The summed E-state index contributed by atoms with van der Waals surface area (Å²) >= 11 is 12.4. The number of hydrogen-bond acceptors (Lipinski definition) is 3. The highest BCUT2D eigenvalue weighted by Gasteiger charge is 2.49. The normalized spacial score (nSPS) is 23.4. The highest BCUT2D eigenvalue weighted by atomic mass is 35.5. The van der Waals surface area contributed by atoms with E-state index in [1.54, 1.807) is 30.3 Å². The number of allylic oxidation sites excluding steroid dienone is 1. The summed E-state index contributed by atoms with van der Waals surface area (Å²) in [5.41, 5.74) is 1.64. The van der Waals surface area contributed by atoms with E-state index < -0.39 is 12.0 Å². The van der Waals surface area contributed by atoms with Crippen molar-refractivity contribution < 1.29 is 14.3 Å². The quantitative estimate of drug-likeness (QED) is 0.578. The summed E-state index contributed by atoms with van der Waals surface area (Å²) in [6.45, 7) is 4.08. The lowest BCUT2D eigenvalue weighted by Crippen LogP contribution is -2.29. The molecule has 3 nitrogen and oxygen atoms in total. The SMILES string of the molecule is CC1(C)CC(=O)C2=C(C1)O[C@@H](C(=O)c1ccc(Cl)cc1)[C@@H]2c1ccccc1Cl. The van der Waals surface area contributed by atoms with E-state index in [2.05, 4.69) is 0 Å². The molecule has 0 saturated carbocycles. The van der Waals surface area contributed by atoms with Gasteiger partial charge in [0.2, 0.25) is 5.78 Å². The Balaban J connectivity index is 1.81. The van der Waals surface area contributed by atoms with Crippen LogP contribution in [-0.2, 0) is 9.53 Å². The minimum absolute atomic E-state index is 0.0302. The van der Waals surface area contributed by atoms with Gasteiger partial charge in [-0.15, -0.1) is 0 Å². The zero-order valence-corrected chi connectivity index (χ0v) is 17.2. The lowest BCUT2D eigenvalue weighted by atomic mass is 9.72. The fraction of sp³-hybridized carbons (Fsp3) is 0.304. The van der Waals surface area contributed by atoms with Gasteiger partial charge in [0.05, 0.1) is 5.92 Å². The largest absolute Gasteiger partial charge is 0.485 e. The van der Waals surface area contributed by atoms with Crippen molar-refractivity contribution in [1.29, 1.82) is 0 Å². The lowest BCUT2D eigenvalue weighted by molar-refractivity contribution is -0.118. The Morgan fingerprint density at radius 2 is 1.71 bits per heavy atom. The van der Waals surface area contributed by atoms with E-state index in [1.807, 2.05) is 32.0 Å². The summed E-state index contributed by atoms with van der Waals surface area (Å²) in [7, 11) is 0. The van der Waals surface area contributed by atoms with Gasteiger partial charge in [0.25, 0.3) is 0 Å². The summed E-state index contributed by atoms with van der Waals surface area (Å²) in [5, 5.41) is 1.08. The average Bonchev–Trinajstić information content (AvgIpc) is 3.00. The lowest BCUT2D eigenvalue weighted by Gasteiger charge is -2.29. The van der Waals surface area contributed by atoms with Gasteiger partial charge in [0.1, 0.15) is 5.76 Å². The number of ketones is 2. The van der Waals surface area contributed by atoms with E-state index >= 15 is 0 Å². The van der Waals surface area contributed by atoms with Gasteiger partial charge in [-0.05, 0) is 41.3 Å². The van der Waals surface area contributed by atoms with E-state index in [-0.39, 0.29) is 17.0 Å². The second-order valence-electron chi connectivity index (χ2n) is 8.19. The summed E-state index contributed by atoms with van der Waals surface area (Å²) in [5.74, 6) is -0.0295. The molecule has 2 aliphatic rings. The van der Waals surface area contributed by atoms with Crippen LogP contribution in [0.3, 0.4) is 0 Å². The van der Waals surface area contributed by atoms with E-state index in [0.717, 1.165) is 5.56 Å². The van der Waals surface area contributed by atoms with Crippen LogP contribution in [0.5, 0.6) is 0 Å².